The van der Waals surface area contributed by atoms with E-state index in [1.807, 2.05) is 23.1 Å². The van der Waals surface area contributed by atoms with Crippen LogP contribution in [0.15, 0.2) is 18.2 Å². The molecule has 1 aromatic carbocycles. The van der Waals surface area contributed by atoms with Gasteiger partial charge in [-0.25, -0.2) is 0 Å². The molecule has 3 rings (SSSR count). The van der Waals surface area contributed by atoms with Crippen LogP contribution in [-0.4, -0.2) is 68.1 Å². The minimum Gasteiger partial charge on any atom is -0.493 e. The zero-order chi connectivity index (χ0) is 19.4. The number of benzene rings is 1. The average Bonchev–Trinajstić information content (AvgIpc) is 3.31. The van der Waals surface area contributed by atoms with Crippen molar-refractivity contribution in [2.24, 2.45) is 11.7 Å². The highest BCUT2D eigenvalue weighted by atomic mass is 16.5. The van der Waals surface area contributed by atoms with E-state index in [1.165, 1.54) is 0 Å². The van der Waals surface area contributed by atoms with Crippen LogP contribution in [-0.2, 0) is 16.0 Å². The number of carbonyl (C=O) groups is 2. The smallest absolute Gasteiger partial charge is 0.228 e. The largest absolute Gasteiger partial charge is 0.493 e. The first-order valence-corrected chi connectivity index (χ1v) is 9.56. The van der Waals surface area contributed by atoms with E-state index < -0.39 is 0 Å². The van der Waals surface area contributed by atoms with E-state index in [4.69, 9.17) is 15.2 Å². The van der Waals surface area contributed by atoms with E-state index in [0.717, 1.165) is 24.9 Å². The maximum absolute atomic E-state index is 12.8. The number of likely N-dealkylation sites (tertiary alicyclic amines) is 2. The van der Waals surface area contributed by atoms with Crippen molar-refractivity contribution >= 4 is 11.8 Å². The van der Waals surface area contributed by atoms with Crippen LogP contribution in [0, 0.1) is 5.92 Å². The number of methoxy groups -OCH3 is 2. The summed E-state index contributed by atoms with van der Waals surface area (Å²) < 4.78 is 10.6. The van der Waals surface area contributed by atoms with E-state index in [9.17, 15) is 9.59 Å². The van der Waals surface area contributed by atoms with Gasteiger partial charge in [-0.3, -0.25) is 9.59 Å². The summed E-state index contributed by atoms with van der Waals surface area (Å²) in [7, 11) is 3.21. The highest BCUT2D eigenvalue weighted by molar-refractivity contribution is 5.89. The molecule has 148 valence electrons. The van der Waals surface area contributed by atoms with E-state index in [-0.39, 0.29) is 23.8 Å². The van der Waals surface area contributed by atoms with Gasteiger partial charge in [0.25, 0.3) is 0 Å². The quantitative estimate of drug-likeness (QED) is 0.770. The lowest BCUT2D eigenvalue weighted by Crippen LogP contribution is -2.43. The fourth-order valence-electron chi connectivity index (χ4n) is 4.06. The molecule has 2 fully saturated rings. The Hall–Kier alpha value is -2.28. The third-order valence-corrected chi connectivity index (χ3v) is 5.61. The molecule has 7 heteroatoms. The highest BCUT2D eigenvalue weighted by Gasteiger charge is 2.39. The molecule has 2 heterocycles. The van der Waals surface area contributed by atoms with Crippen LogP contribution in [0.5, 0.6) is 11.5 Å². The fraction of sp³-hybridized carbons (Fsp3) is 0.600. The first-order chi connectivity index (χ1) is 13.1. The molecule has 2 N–H and O–H groups in total. The maximum atomic E-state index is 12.8. The lowest BCUT2D eigenvalue weighted by Gasteiger charge is -2.26. The Bertz CT molecular complexity index is 694. The van der Waals surface area contributed by atoms with Crippen LogP contribution in [0.4, 0.5) is 0 Å². The Morgan fingerprint density at radius 3 is 2.74 bits per heavy atom. The predicted molar refractivity (Wildman–Crippen MR) is 102 cm³/mol. The third-order valence-electron chi connectivity index (χ3n) is 5.61. The molecule has 1 aromatic rings. The lowest BCUT2D eigenvalue weighted by atomic mass is 10.1. The first kappa shape index (κ1) is 19.5. The van der Waals surface area contributed by atoms with Crippen molar-refractivity contribution in [3.8, 4) is 11.5 Å². The molecular weight excluding hydrogens is 346 g/mol. The fourth-order valence-corrected chi connectivity index (χ4v) is 4.06. The molecule has 0 radical (unpaired) electrons. The zero-order valence-corrected chi connectivity index (χ0v) is 16.1. The van der Waals surface area contributed by atoms with Crippen molar-refractivity contribution in [2.45, 2.75) is 31.7 Å². The van der Waals surface area contributed by atoms with Crippen molar-refractivity contribution in [1.29, 1.82) is 0 Å². The highest BCUT2D eigenvalue weighted by Crippen LogP contribution is 2.29. The van der Waals surface area contributed by atoms with E-state index >= 15 is 0 Å². The molecule has 27 heavy (non-hydrogen) atoms. The second-order valence-corrected chi connectivity index (χ2v) is 7.24. The number of amides is 2. The Balaban J connectivity index is 1.57. The lowest BCUT2D eigenvalue weighted by molar-refractivity contribution is -0.136. The van der Waals surface area contributed by atoms with Gasteiger partial charge in [0.2, 0.25) is 11.8 Å². The summed E-state index contributed by atoms with van der Waals surface area (Å²) in [6.45, 7) is 2.35. The summed E-state index contributed by atoms with van der Waals surface area (Å²) in [4.78, 5) is 28.9. The summed E-state index contributed by atoms with van der Waals surface area (Å²) in [5.74, 6) is 1.26. The third kappa shape index (κ3) is 4.18. The molecule has 2 aliphatic heterocycles. The van der Waals surface area contributed by atoms with Gasteiger partial charge in [-0.1, -0.05) is 6.07 Å². The van der Waals surface area contributed by atoms with Crippen LogP contribution in [0.3, 0.4) is 0 Å². The number of hydrogen-bond acceptors (Lipinski definition) is 5. The van der Waals surface area contributed by atoms with Crippen LogP contribution >= 0.6 is 0 Å². The summed E-state index contributed by atoms with van der Waals surface area (Å²) in [6, 6.07) is 5.90. The minimum atomic E-state index is -0.241. The van der Waals surface area contributed by atoms with Gasteiger partial charge in [-0.15, -0.1) is 0 Å². The number of carbonyl (C=O) groups excluding carboxylic acids is 2. The molecule has 2 aliphatic rings. The average molecular weight is 375 g/mol. The van der Waals surface area contributed by atoms with E-state index in [1.54, 1.807) is 19.1 Å². The van der Waals surface area contributed by atoms with Crippen LogP contribution in [0.1, 0.15) is 24.8 Å². The molecule has 2 amide bonds. The Morgan fingerprint density at radius 1 is 1.26 bits per heavy atom. The molecule has 7 nitrogen and oxygen atoms in total. The van der Waals surface area contributed by atoms with Crippen molar-refractivity contribution in [3.63, 3.8) is 0 Å². The van der Waals surface area contributed by atoms with Gasteiger partial charge >= 0.3 is 0 Å². The van der Waals surface area contributed by atoms with Crippen LogP contribution < -0.4 is 15.2 Å². The van der Waals surface area contributed by atoms with Crippen molar-refractivity contribution < 1.29 is 19.1 Å². The summed E-state index contributed by atoms with van der Waals surface area (Å²) in [5.41, 5.74) is 6.85. The molecule has 2 unspecified atom stereocenters. The second-order valence-electron chi connectivity index (χ2n) is 7.24. The topological polar surface area (TPSA) is 85.1 Å². The first-order valence-electron chi connectivity index (χ1n) is 9.56. The molecule has 0 aromatic heterocycles. The molecule has 0 spiro atoms. The minimum absolute atomic E-state index is 0.0531. The van der Waals surface area contributed by atoms with Gasteiger partial charge in [0.05, 0.1) is 20.1 Å². The number of nitrogens with two attached hydrogens (primary N) is 1. The summed E-state index contributed by atoms with van der Waals surface area (Å²) in [5, 5.41) is 0. The summed E-state index contributed by atoms with van der Waals surface area (Å²) in [6.07, 6.45) is 2.98. The van der Waals surface area contributed by atoms with Gasteiger partial charge in [0.1, 0.15) is 0 Å². The van der Waals surface area contributed by atoms with E-state index in [2.05, 4.69) is 0 Å². The normalized spacial score (nSPS) is 22.4. The van der Waals surface area contributed by atoms with Gasteiger partial charge in [-0.2, -0.15) is 0 Å². The number of nitrogens with zero attached hydrogens (tertiary/aromatic N) is 2. The Labute approximate surface area is 160 Å². The molecule has 0 aliphatic carbocycles. The number of ether oxygens (including phenoxy) is 2. The Kier molecular flexibility index (Phi) is 6.21. The molecule has 2 atom stereocenters. The predicted octanol–water partition coefficient (Wildman–Crippen LogP) is 1.04. The number of rotatable bonds is 7. The van der Waals surface area contributed by atoms with Crippen molar-refractivity contribution in [2.75, 3.05) is 40.4 Å². The SMILES string of the molecule is COc1ccc(CCN2CC(C(=O)N3CCCC3CN)CC2=O)cc1OC. The Morgan fingerprint density at radius 2 is 2.04 bits per heavy atom. The zero-order valence-electron chi connectivity index (χ0n) is 16.1. The molecule has 2 saturated heterocycles. The van der Waals surface area contributed by atoms with Crippen LogP contribution in [0.25, 0.3) is 0 Å². The summed E-state index contributed by atoms with van der Waals surface area (Å²) >= 11 is 0. The monoisotopic (exact) mass is 375 g/mol. The number of hydrogen-bond donors (Lipinski definition) is 1. The van der Waals surface area contributed by atoms with Crippen molar-refractivity contribution in [1.82, 2.24) is 9.80 Å². The standard InChI is InChI=1S/C20H29N3O4/c1-26-17-6-5-14(10-18(17)27-2)7-9-22-13-15(11-19(22)24)20(25)23-8-3-4-16(23)12-21/h5-6,10,15-16H,3-4,7-9,11-13,21H2,1-2H3. The molecular formula is C20H29N3O4. The van der Waals surface area contributed by atoms with Crippen LogP contribution in [0.2, 0.25) is 0 Å². The van der Waals surface area contributed by atoms with Crippen molar-refractivity contribution in [3.05, 3.63) is 23.8 Å². The van der Waals surface area contributed by atoms with Gasteiger partial charge < -0.3 is 25.0 Å². The van der Waals surface area contributed by atoms with E-state index in [0.29, 0.717) is 44.0 Å². The van der Waals surface area contributed by atoms with Gasteiger partial charge in [-0.05, 0) is 37.0 Å². The van der Waals surface area contributed by atoms with Gasteiger partial charge in [0.15, 0.2) is 11.5 Å². The molecule has 0 saturated carbocycles. The van der Waals surface area contributed by atoms with Gasteiger partial charge in [0, 0.05) is 38.6 Å². The maximum Gasteiger partial charge on any atom is 0.228 e. The molecule has 0 bridgehead atoms. The second kappa shape index (κ2) is 8.61.